The molecule has 1 N–H and O–H groups in total. The van der Waals surface area contributed by atoms with Gasteiger partial charge in [-0.15, -0.1) is 0 Å². The van der Waals surface area contributed by atoms with Gasteiger partial charge in [0.1, 0.15) is 5.75 Å². The molecule has 0 unspecified atom stereocenters. The van der Waals surface area contributed by atoms with Crippen LogP contribution in [0.3, 0.4) is 0 Å². The zero-order chi connectivity index (χ0) is 9.80. The zero-order valence-electron chi connectivity index (χ0n) is 8.32. The summed E-state index contributed by atoms with van der Waals surface area (Å²) in [7, 11) is 1.70. The second-order valence-electron chi connectivity index (χ2n) is 3.32. The van der Waals surface area contributed by atoms with E-state index in [4.69, 9.17) is 9.47 Å². The van der Waals surface area contributed by atoms with Crippen molar-refractivity contribution in [1.29, 1.82) is 0 Å². The van der Waals surface area contributed by atoms with Gasteiger partial charge >= 0.3 is 0 Å². The quantitative estimate of drug-likeness (QED) is 0.769. The van der Waals surface area contributed by atoms with E-state index in [1.54, 1.807) is 7.11 Å². The molecule has 1 aromatic carbocycles. The molecular weight excluding hydrogens is 178 g/mol. The first-order valence-corrected chi connectivity index (χ1v) is 4.86. The summed E-state index contributed by atoms with van der Waals surface area (Å²) < 4.78 is 10.7. The van der Waals surface area contributed by atoms with Crippen molar-refractivity contribution in [1.82, 2.24) is 5.32 Å². The number of rotatable bonds is 2. The molecule has 0 aromatic heterocycles. The van der Waals surface area contributed by atoms with Gasteiger partial charge in [0.05, 0.1) is 26.4 Å². The highest BCUT2D eigenvalue weighted by molar-refractivity contribution is 5.36. The molecule has 2 rings (SSSR count). The summed E-state index contributed by atoms with van der Waals surface area (Å²) in [5.74, 6) is 0.926. The van der Waals surface area contributed by atoms with Crippen LogP contribution in [0.1, 0.15) is 11.6 Å². The maximum absolute atomic E-state index is 5.42. The van der Waals surface area contributed by atoms with Gasteiger partial charge in [0.25, 0.3) is 0 Å². The van der Waals surface area contributed by atoms with Gasteiger partial charge in [-0.3, -0.25) is 0 Å². The van der Waals surface area contributed by atoms with Crippen LogP contribution in [0.25, 0.3) is 0 Å². The van der Waals surface area contributed by atoms with E-state index < -0.39 is 0 Å². The first-order valence-electron chi connectivity index (χ1n) is 4.86. The lowest BCUT2D eigenvalue weighted by molar-refractivity contribution is 0.0760. The van der Waals surface area contributed by atoms with Gasteiger partial charge in [-0.25, -0.2) is 0 Å². The van der Waals surface area contributed by atoms with Gasteiger partial charge in [0.2, 0.25) is 0 Å². The van der Waals surface area contributed by atoms with E-state index in [1.165, 1.54) is 5.56 Å². The lowest BCUT2D eigenvalue weighted by Crippen LogP contribution is -2.34. The Morgan fingerprint density at radius 2 is 2.29 bits per heavy atom. The van der Waals surface area contributed by atoms with Gasteiger partial charge in [-0.1, -0.05) is 18.2 Å². The Labute approximate surface area is 84.0 Å². The highest BCUT2D eigenvalue weighted by Gasteiger charge is 2.17. The Balaban J connectivity index is 2.20. The van der Waals surface area contributed by atoms with Crippen LogP contribution in [-0.4, -0.2) is 26.9 Å². The molecule has 0 saturated carbocycles. The van der Waals surface area contributed by atoms with Crippen LogP contribution in [-0.2, 0) is 4.74 Å². The minimum atomic E-state index is 0.264. The maximum atomic E-state index is 5.42. The second kappa shape index (κ2) is 4.44. The summed E-state index contributed by atoms with van der Waals surface area (Å²) >= 11 is 0. The average molecular weight is 193 g/mol. The van der Waals surface area contributed by atoms with E-state index in [0.717, 1.165) is 25.5 Å². The summed E-state index contributed by atoms with van der Waals surface area (Å²) in [5, 5.41) is 3.41. The molecule has 1 fully saturated rings. The fourth-order valence-corrected chi connectivity index (χ4v) is 1.72. The SMILES string of the molecule is COc1ccccc1[C@H]1COCCN1. The van der Waals surface area contributed by atoms with E-state index in [9.17, 15) is 0 Å². The lowest BCUT2D eigenvalue weighted by atomic mass is 10.1. The van der Waals surface area contributed by atoms with Crippen molar-refractivity contribution < 1.29 is 9.47 Å². The van der Waals surface area contributed by atoms with Crippen molar-refractivity contribution >= 4 is 0 Å². The molecule has 1 heterocycles. The first kappa shape index (κ1) is 9.49. The Morgan fingerprint density at radius 1 is 1.43 bits per heavy atom. The summed E-state index contributed by atoms with van der Waals surface area (Å²) in [5.41, 5.74) is 1.18. The van der Waals surface area contributed by atoms with Crippen LogP contribution < -0.4 is 10.1 Å². The van der Waals surface area contributed by atoms with Crippen LogP contribution in [0.2, 0.25) is 0 Å². The highest BCUT2D eigenvalue weighted by Crippen LogP contribution is 2.25. The van der Waals surface area contributed by atoms with Gasteiger partial charge in [0.15, 0.2) is 0 Å². The van der Waals surface area contributed by atoms with Crippen LogP contribution in [0.5, 0.6) is 5.75 Å². The van der Waals surface area contributed by atoms with Crippen LogP contribution in [0.15, 0.2) is 24.3 Å². The number of hydrogen-bond donors (Lipinski definition) is 1. The molecule has 1 atom stereocenters. The first-order chi connectivity index (χ1) is 6.92. The molecule has 1 saturated heterocycles. The smallest absolute Gasteiger partial charge is 0.123 e. The van der Waals surface area contributed by atoms with Gasteiger partial charge in [-0.2, -0.15) is 0 Å². The minimum absolute atomic E-state index is 0.264. The summed E-state index contributed by atoms with van der Waals surface area (Å²) in [4.78, 5) is 0. The number of morpholine rings is 1. The zero-order valence-corrected chi connectivity index (χ0v) is 8.32. The third-order valence-electron chi connectivity index (χ3n) is 2.44. The topological polar surface area (TPSA) is 30.5 Å². The molecule has 0 amide bonds. The van der Waals surface area contributed by atoms with E-state index in [-0.39, 0.29) is 6.04 Å². The monoisotopic (exact) mass is 193 g/mol. The Morgan fingerprint density at radius 3 is 3.00 bits per heavy atom. The van der Waals surface area contributed by atoms with Gasteiger partial charge in [-0.05, 0) is 6.07 Å². The Kier molecular flexibility index (Phi) is 3.01. The number of benzene rings is 1. The van der Waals surface area contributed by atoms with Crippen molar-refractivity contribution in [3.63, 3.8) is 0 Å². The van der Waals surface area contributed by atoms with Gasteiger partial charge in [0, 0.05) is 12.1 Å². The molecule has 1 aliphatic rings. The summed E-state index contributed by atoms with van der Waals surface area (Å²) in [6, 6.07) is 8.32. The number of methoxy groups -OCH3 is 1. The molecule has 0 spiro atoms. The molecule has 0 bridgehead atoms. The minimum Gasteiger partial charge on any atom is -0.496 e. The van der Waals surface area contributed by atoms with Crippen molar-refractivity contribution in [2.75, 3.05) is 26.9 Å². The van der Waals surface area contributed by atoms with E-state index in [2.05, 4.69) is 11.4 Å². The average Bonchev–Trinajstić information content (AvgIpc) is 2.30. The van der Waals surface area contributed by atoms with Crippen LogP contribution in [0, 0.1) is 0 Å². The summed E-state index contributed by atoms with van der Waals surface area (Å²) in [6.45, 7) is 2.43. The fourth-order valence-electron chi connectivity index (χ4n) is 1.72. The van der Waals surface area contributed by atoms with Crippen molar-refractivity contribution in [3.8, 4) is 5.75 Å². The number of hydrogen-bond acceptors (Lipinski definition) is 3. The number of ether oxygens (including phenoxy) is 2. The molecule has 14 heavy (non-hydrogen) atoms. The molecule has 1 aromatic rings. The number of para-hydroxylation sites is 1. The molecule has 3 nitrogen and oxygen atoms in total. The lowest BCUT2D eigenvalue weighted by Gasteiger charge is -2.25. The molecular formula is C11H15NO2. The van der Waals surface area contributed by atoms with E-state index in [1.807, 2.05) is 18.2 Å². The maximum Gasteiger partial charge on any atom is 0.123 e. The second-order valence-corrected chi connectivity index (χ2v) is 3.32. The van der Waals surface area contributed by atoms with E-state index >= 15 is 0 Å². The molecule has 1 aliphatic heterocycles. The third kappa shape index (κ3) is 1.89. The Bertz CT molecular complexity index is 295. The predicted molar refractivity (Wildman–Crippen MR) is 54.6 cm³/mol. The summed E-state index contributed by atoms with van der Waals surface area (Å²) in [6.07, 6.45) is 0. The largest absolute Gasteiger partial charge is 0.496 e. The highest BCUT2D eigenvalue weighted by atomic mass is 16.5. The fraction of sp³-hybridized carbons (Fsp3) is 0.455. The van der Waals surface area contributed by atoms with E-state index in [0.29, 0.717) is 0 Å². The standard InChI is InChI=1S/C11H15NO2/c1-13-11-5-3-2-4-9(11)10-8-14-7-6-12-10/h2-5,10,12H,6-8H2,1H3/t10-/m1/s1. The molecule has 0 radical (unpaired) electrons. The molecule has 0 aliphatic carbocycles. The molecule has 76 valence electrons. The van der Waals surface area contributed by atoms with Crippen molar-refractivity contribution in [2.45, 2.75) is 6.04 Å². The van der Waals surface area contributed by atoms with Gasteiger partial charge < -0.3 is 14.8 Å². The predicted octanol–water partition coefficient (Wildman–Crippen LogP) is 1.36. The normalized spacial score (nSPS) is 21.9. The Hall–Kier alpha value is -1.06. The van der Waals surface area contributed by atoms with Crippen molar-refractivity contribution in [2.24, 2.45) is 0 Å². The molecule has 3 heteroatoms. The number of nitrogens with one attached hydrogen (secondary N) is 1. The third-order valence-corrected chi connectivity index (χ3v) is 2.44. The van der Waals surface area contributed by atoms with Crippen molar-refractivity contribution in [3.05, 3.63) is 29.8 Å². The van der Waals surface area contributed by atoms with Crippen LogP contribution >= 0.6 is 0 Å². The van der Waals surface area contributed by atoms with Crippen LogP contribution in [0.4, 0.5) is 0 Å².